The number of para-hydroxylation sites is 3. The number of alkyl halides is 3. The normalized spacial score (nSPS) is 11.4. The van der Waals surface area contributed by atoms with Crippen molar-refractivity contribution < 1.29 is 22.7 Å². The number of rotatable bonds is 6. The van der Waals surface area contributed by atoms with Gasteiger partial charge in [-0.05, 0) is 30.2 Å². The van der Waals surface area contributed by atoms with Gasteiger partial charge in [0.2, 0.25) is 11.6 Å². The van der Waals surface area contributed by atoms with Gasteiger partial charge in [0.1, 0.15) is 12.3 Å². The fourth-order valence-electron chi connectivity index (χ4n) is 2.98. The molecule has 152 valence electrons. The smallest absolute Gasteiger partial charge is 0.438 e. The number of halogens is 3. The van der Waals surface area contributed by atoms with Gasteiger partial charge < -0.3 is 10.1 Å². The van der Waals surface area contributed by atoms with Crippen molar-refractivity contribution in [3.05, 3.63) is 70.1 Å². The number of aromatic nitrogens is 2. The molecule has 9 heteroatoms. The molecule has 0 aliphatic rings. The predicted octanol–water partition coefficient (Wildman–Crippen LogP) is 2.78. The van der Waals surface area contributed by atoms with E-state index in [-0.39, 0.29) is 17.6 Å². The Labute approximate surface area is 163 Å². The Morgan fingerprint density at radius 1 is 1.14 bits per heavy atom. The van der Waals surface area contributed by atoms with E-state index in [1.54, 1.807) is 12.1 Å². The topological polar surface area (TPSA) is 73.2 Å². The van der Waals surface area contributed by atoms with Crippen LogP contribution in [0.1, 0.15) is 11.3 Å². The van der Waals surface area contributed by atoms with Crippen molar-refractivity contribution in [3.8, 4) is 5.75 Å². The lowest BCUT2D eigenvalue weighted by Crippen LogP contribution is -2.36. The second-order valence-electron chi connectivity index (χ2n) is 6.25. The molecule has 2 aromatic carbocycles. The molecule has 29 heavy (non-hydrogen) atoms. The van der Waals surface area contributed by atoms with E-state index in [0.29, 0.717) is 12.2 Å². The standard InChI is InChI=1S/C20H18F3N3O3/c1-29-16-9-5-2-6-13(16)10-11-24-17(27)12-26-15-8-4-3-7-14(15)25-18(19(26)28)20(21,22)23/h2-9H,10-12H2,1H3,(H,24,27). The van der Waals surface area contributed by atoms with Crippen LogP contribution in [-0.4, -0.2) is 29.1 Å². The molecule has 0 bridgehead atoms. The Balaban J connectivity index is 1.79. The van der Waals surface area contributed by atoms with Crippen LogP contribution in [0.5, 0.6) is 5.75 Å². The SMILES string of the molecule is COc1ccccc1CCNC(=O)Cn1c(=O)c(C(F)(F)F)nc2ccccc21. The van der Waals surface area contributed by atoms with Crippen molar-refractivity contribution in [2.75, 3.05) is 13.7 Å². The number of nitrogens with zero attached hydrogens (tertiary/aromatic N) is 2. The molecule has 0 aliphatic carbocycles. The zero-order chi connectivity index (χ0) is 21.0. The van der Waals surface area contributed by atoms with Crippen LogP contribution in [0.4, 0.5) is 13.2 Å². The Kier molecular flexibility index (Phi) is 5.86. The summed E-state index contributed by atoms with van der Waals surface area (Å²) < 4.78 is 45.5. The lowest BCUT2D eigenvalue weighted by molar-refractivity contribution is -0.142. The van der Waals surface area contributed by atoms with Crippen molar-refractivity contribution in [1.29, 1.82) is 0 Å². The first kappa shape index (κ1) is 20.4. The molecule has 3 aromatic rings. The molecule has 0 saturated carbocycles. The van der Waals surface area contributed by atoms with Crippen LogP contribution in [0.25, 0.3) is 11.0 Å². The summed E-state index contributed by atoms with van der Waals surface area (Å²) in [6.07, 6.45) is -4.45. The minimum absolute atomic E-state index is 0.0127. The highest BCUT2D eigenvalue weighted by Gasteiger charge is 2.37. The quantitative estimate of drug-likeness (QED) is 0.685. The lowest BCUT2D eigenvalue weighted by Gasteiger charge is -2.14. The van der Waals surface area contributed by atoms with Gasteiger partial charge in [-0.2, -0.15) is 13.2 Å². The van der Waals surface area contributed by atoms with E-state index in [1.165, 1.54) is 25.3 Å². The average Bonchev–Trinajstić information content (AvgIpc) is 2.69. The van der Waals surface area contributed by atoms with Crippen molar-refractivity contribution in [1.82, 2.24) is 14.9 Å². The van der Waals surface area contributed by atoms with Gasteiger partial charge in [0.05, 0.1) is 18.1 Å². The number of amides is 1. The molecule has 6 nitrogen and oxygen atoms in total. The maximum Gasteiger partial charge on any atom is 0.438 e. The van der Waals surface area contributed by atoms with Crippen molar-refractivity contribution in [2.45, 2.75) is 19.1 Å². The van der Waals surface area contributed by atoms with Crippen LogP contribution in [0.15, 0.2) is 53.3 Å². The maximum atomic E-state index is 13.2. The number of methoxy groups -OCH3 is 1. The molecule has 0 saturated heterocycles. The van der Waals surface area contributed by atoms with Gasteiger partial charge in [0.25, 0.3) is 5.56 Å². The van der Waals surface area contributed by atoms with Gasteiger partial charge >= 0.3 is 6.18 Å². The fraction of sp³-hybridized carbons (Fsp3) is 0.250. The molecule has 1 aromatic heterocycles. The number of hydrogen-bond donors (Lipinski definition) is 1. The zero-order valence-electron chi connectivity index (χ0n) is 15.5. The first-order valence-corrected chi connectivity index (χ1v) is 8.76. The van der Waals surface area contributed by atoms with E-state index in [4.69, 9.17) is 4.74 Å². The molecular formula is C20H18F3N3O3. The van der Waals surface area contributed by atoms with Crippen LogP contribution >= 0.6 is 0 Å². The van der Waals surface area contributed by atoms with Gasteiger partial charge in [-0.3, -0.25) is 14.2 Å². The van der Waals surface area contributed by atoms with E-state index in [2.05, 4.69) is 10.3 Å². The first-order chi connectivity index (χ1) is 13.8. The molecule has 1 amide bonds. The molecule has 0 spiro atoms. The van der Waals surface area contributed by atoms with E-state index >= 15 is 0 Å². The minimum atomic E-state index is -4.91. The van der Waals surface area contributed by atoms with Crippen LogP contribution in [0, 0.1) is 0 Å². The van der Waals surface area contributed by atoms with Crippen LogP contribution in [0.3, 0.4) is 0 Å². The number of benzene rings is 2. The molecule has 0 radical (unpaired) electrons. The molecule has 0 atom stereocenters. The number of ether oxygens (including phenoxy) is 1. The van der Waals surface area contributed by atoms with Crippen LogP contribution in [-0.2, 0) is 23.9 Å². The van der Waals surface area contributed by atoms with Crippen molar-refractivity contribution in [2.24, 2.45) is 0 Å². The van der Waals surface area contributed by atoms with Crippen molar-refractivity contribution >= 4 is 16.9 Å². The summed E-state index contributed by atoms with van der Waals surface area (Å²) in [6, 6.07) is 13.2. The average molecular weight is 405 g/mol. The Morgan fingerprint density at radius 3 is 2.55 bits per heavy atom. The summed E-state index contributed by atoms with van der Waals surface area (Å²) in [5, 5.41) is 2.63. The largest absolute Gasteiger partial charge is 0.496 e. The van der Waals surface area contributed by atoms with Gasteiger partial charge in [-0.25, -0.2) is 4.98 Å². The monoisotopic (exact) mass is 405 g/mol. The number of carbonyl (C=O) groups excluding carboxylic acids is 1. The summed E-state index contributed by atoms with van der Waals surface area (Å²) in [5.74, 6) is 0.0967. The highest BCUT2D eigenvalue weighted by atomic mass is 19.4. The Hall–Kier alpha value is -3.36. The van der Waals surface area contributed by atoms with E-state index in [9.17, 15) is 22.8 Å². The number of fused-ring (bicyclic) bond motifs is 1. The Bertz CT molecular complexity index is 1090. The summed E-state index contributed by atoms with van der Waals surface area (Å²) in [5.41, 5.74) is -1.87. The Morgan fingerprint density at radius 2 is 1.83 bits per heavy atom. The zero-order valence-corrected chi connectivity index (χ0v) is 15.5. The minimum Gasteiger partial charge on any atom is -0.496 e. The van der Waals surface area contributed by atoms with Crippen molar-refractivity contribution in [3.63, 3.8) is 0 Å². The predicted molar refractivity (Wildman–Crippen MR) is 101 cm³/mol. The van der Waals surface area contributed by atoms with E-state index in [0.717, 1.165) is 10.1 Å². The number of carbonyl (C=O) groups is 1. The first-order valence-electron chi connectivity index (χ1n) is 8.76. The second-order valence-corrected chi connectivity index (χ2v) is 6.25. The second kappa shape index (κ2) is 8.34. The molecule has 0 unspecified atom stereocenters. The van der Waals surface area contributed by atoms with Gasteiger partial charge in [-0.1, -0.05) is 30.3 Å². The van der Waals surface area contributed by atoms with Crippen LogP contribution < -0.4 is 15.6 Å². The fourth-order valence-corrected chi connectivity index (χ4v) is 2.98. The molecule has 1 N–H and O–H groups in total. The van der Waals surface area contributed by atoms with E-state index in [1.807, 2.05) is 18.2 Å². The summed E-state index contributed by atoms with van der Waals surface area (Å²) in [6.45, 7) is -0.306. The molecular weight excluding hydrogens is 387 g/mol. The third-order valence-corrected chi connectivity index (χ3v) is 4.33. The summed E-state index contributed by atoms with van der Waals surface area (Å²) in [7, 11) is 1.54. The highest BCUT2D eigenvalue weighted by molar-refractivity contribution is 5.80. The molecule has 1 heterocycles. The molecule has 0 aliphatic heterocycles. The lowest BCUT2D eigenvalue weighted by atomic mass is 10.1. The number of nitrogens with one attached hydrogen (secondary N) is 1. The molecule has 0 fully saturated rings. The summed E-state index contributed by atoms with van der Waals surface area (Å²) in [4.78, 5) is 28.1. The van der Waals surface area contributed by atoms with Gasteiger partial charge in [0.15, 0.2) is 0 Å². The highest BCUT2D eigenvalue weighted by Crippen LogP contribution is 2.26. The summed E-state index contributed by atoms with van der Waals surface area (Å²) >= 11 is 0. The number of hydrogen-bond acceptors (Lipinski definition) is 4. The van der Waals surface area contributed by atoms with Gasteiger partial charge in [0, 0.05) is 6.54 Å². The van der Waals surface area contributed by atoms with E-state index < -0.39 is 29.9 Å². The van der Waals surface area contributed by atoms with Crippen LogP contribution in [0.2, 0.25) is 0 Å². The third kappa shape index (κ3) is 4.56. The third-order valence-electron chi connectivity index (χ3n) is 4.33. The van der Waals surface area contributed by atoms with Gasteiger partial charge in [-0.15, -0.1) is 0 Å². The maximum absolute atomic E-state index is 13.2. The molecule has 3 rings (SSSR count).